The fraction of sp³-hybridized carbons (Fsp3) is 1.00. The number of piperidine rings is 1. The van der Waals surface area contributed by atoms with Crippen molar-refractivity contribution in [3.05, 3.63) is 0 Å². The van der Waals surface area contributed by atoms with Gasteiger partial charge in [-0.1, -0.05) is 60.8 Å². The van der Waals surface area contributed by atoms with Crippen LogP contribution in [-0.2, 0) is 0 Å². The van der Waals surface area contributed by atoms with Crippen LogP contribution in [0, 0.1) is 46.3 Å². The zero-order valence-corrected chi connectivity index (χ0v) is 20.7. The minimum absolute atomic E-state index is 0.611. The summed E-state index contributed by atoms with van der Waals surface area (Å²) in [5.41, 5.74) is 1.26. The van der Waals surface area contributed by atoms with Crippen LogP contribution in [0.2, 0.25) is 0 Å². The molecule has 3 aliphatic carbocycles. The Morgan fingerprint density at radius 3 is 2.34 bits per heavy atom. The average molecular weight is 402 g/mol. The molecule has 4 aliphatic rings. The molecule has 3 saturated carbocycles. The molecule has 0 radical (unpaired) electrons. The lowest BCUT2D eigenvalue weighted by Crippen LogP contribution is -2.60. The van der Waals surface area contributed by atoms with Gasteiger partial charge in [0.25, 0.3) is 0 Å². The molecular formula is C28H51N. The molecule has 4 fully saturated rings. The Labute approximate surface area is 182 Å². The van der Waals surface area contributed by atoms with Crippen molar-refractivity contribution in [1.82, 2.24) is 4.90 Å². The lowest BCUT2D eigenvalue weighted by atomic mass is 9.46. The van der Waals surface area contributed by atoms with Gasteiger partial charge in [0.2, 0.25) is 0 Å². The highest BCUT2D eigenvalue weighted by Gasteiger charge is 2.60. The van der Waals surface area contributed by atoms with Crippen molar-refractivity contribution < 1.29 is 0 Å². The second-order valence-corrected chi connectivity index (χ2v) is 12.7. The molecule has 8 atom stereocenters. The first-order valence-electron chi connectivity index (χ1n) is 13.5. The predicted molar refractivity (Wildman–Crippen MR) is 126 cm³/mol. The van der Waals surface area contributed by atoms with Crippen molar-refractivity contribution >= 4 is 0 Å². The number of hydrogen-bond acceptors (Lipinski definition) is 1. The van der Waals surface area contributed by atoms with E-state index < -0.39 is 0 Å². The Balaban J connectivity index is 1.48. The maximum atomic E-state index is 2.86. The van der Waals surface area contributed by atoms with Gasteiger partial charge in [0.1, 0.15) is 0 Å². The smallest absolute Gasteiger partial charge is 0.0152 e. The fourth-order valence-corrected chi connectivity index (χ4v) is 9.61. The van der Waals surface area contributed by atoms with Crippen LogP contribution in [-0.4, -0.2) is 24.0 Å². The third-order valence-corrected chi connectivity index (χ3v) is 11.0. The summed E-state index contributed by atoms with van der Waals surface area (Å²) in [6, 6.07) is 0.888. The molecule has 1 heterocycles. The normalized spacial score (nSPS) is 46.2. The first-order valence-corrected chi connectivity index (χ1v) is 13.5. The van der Waals surface area contributed by atoms with Gasteiger partial charge in [-0.2, -0.15) is 0 Å². The number of hydrogen-bond donors (Lipinski definition) is 0. The van der Waals surface area contributed by atoms with E-state index in [-0.39, 0.29) is 0 Å². The van der Waals surface area contributed by atoms with Gasteiger partial charge in [-0.3, -0.25) is 0 Å². The van der Waals surface area contributed by atoms with Crippen LogP contribution in [0.5, 0.6) is 0 Å². The van der Waals surface area contributed by atoms with Gasteiger partial charge in [0.05, 0.1) is 0 Å². The van der Waals surface area contributed by atoms with Crippen LogP contribution in [0.3, 0.4) is 0 Å². The monoisotopic (exact) mass is 401 g/mol. The van der Waals surface area contributed by atoms with Gasteiger partial charge >= 0.3 is 0 Å². The van der Waals surface area contributed by atoms with Crippen molar-refractivity contribution in [2.45, 2.75) is 118 Å². The molecule has 1 aliphatic heterocycles. The SMILES string of the molecule is CCN1CCC[C@]2(C)C3CC[C@]4(C)C(C(C)CCCC(C)C)CCC4C3CCC12. The Bertz CT molecular complexity index is 555. The van der Waals surface area contributed by atoms with Crippen LogP contribution >= 0.6 is 0 Å². The van der Waals surface area contributed by atoms with Crippen molar-refractivity contribution in [2.24, 2.45) is 46.3 Å². The molecule has 0 amide bonds. The molecule has 0 aromatic rings. The highest BCUT2D eigenvalue weighted by atomic mass is 15.2. The molecule has 1 saturated heterocycles. The lowest BCUT2D eigenvalue weighted by Gasteiger charge is -2.62. The maximum absolute atomic E-state index is 2.86. The van der Waals surface area contributed by atoms with E-state index in [0.29, 0.717) is 10.8 Å². The van der Waals surface area contributed by atoms with Gasteiger partial charge in [0.15, 0.2) is 0 Å². The second-order valence-electron chi connectivity index (χ2n) is 12.7. The standard InChI is InChI=1S/C28H51N/c1-7-29-19-9-17-28(6)25-16-18-27(5)23(21(4)11-8-10-20(2)3)13-14-24(27)22(25)12-15-26(28)29/h20-26H,7-19H2,1-6H3/t21?,22?,23?,24?,25?,26?,27-,28-/m1/s1. The molecule has 0 aromatic heterocycles. The zero-order chi connectivity index (χ0) is 20.8. The van der Waals surface area contributed by atoms with E-state index in [4.69, 9.17) is 0 Å². The van der Waals surface area contributed by atoms with Gasteiger partial charge in [-0.25, -0.2) is 0 Å². The molecule has 0 bridgehead atoms. The Morgan fingerprint density at radius 1 is 0.862 bits per heavy atom. The summed E-state index contributed by atoms with van der Waals surface area (Å²) in [5, 5.41) is 0. The van der Waals surface area contributed by atoms with Crippen LogP contribution in [0.1, 0.15) is 112 Å². The quantitative estimate of drug-likeness (QED) is 0.439. The Hall–Kier alpha value is -0.0400. The van der Waals surface area contributed by atoms with Crippen molar-refractivity contribution in [3.8, 4) is 0 Å². The zero-order valence-electron chi connectivity index (χ0n) is 20.7. The van der Waals surface area contributed by atoms with E-state index in [1.54, 1.807) is 6.42 Å². The Morgan fingerprint density at radius 2 is 1.62 bits per heavy atom. The third-order valence-electron chi connectivity index (χ3n) is 11.0. The maximum Gasteiger partial charge on any atom is 0.0152 e. The first kappa shape index (κ1) is 22.2. The largest absolute Gasteiger partial charge is 0.300 e. The van der Waals surface area contributed by atoms with E-state index in [1.807, 2.05) is 0 Å². The second kappa shape index (κ2) is 8.48. The van der Waals surface area contributed by atoms with Gasteiger partial charge < -0.3 is 4.90 Å². The molecule has 4 rings (SSSR count). The third kappa shape index (κ3) is 3.74. The van der Waals surface area contributed by atoms with E-state index in [0.717, 1.165) is 41.5 Å². The summed E-state index contributed by atoms with van der Waals surface area (Å²) >= 11 is 0. The van der Waals surface area contributed by atoms with Crippen molar-refractivity contribution in [2.75, 3.05) is 13.1 Å². The van der Waals surface area contributed by atoms with Gasteiger partial charge in [-0.05, 0) is 111 Å². The molecule has 1 heteroatoms. The van der Waals surface area contributed by atoms with E-state index in [9.17, 15) is 0 Å². The summed E-state index contributed by atoms with van der Waals surface area (Å²) in [4.78, 5) is 2.86. The van der Waals surface area contributed by atoms with E-state index >= 15 is 0 Å². The van der Waals surface area contributed by atoms with Crippen molar-refractivity contribution in [1.29, 1.82) is 0 Å². The predicted octanol–water partition coefficient (Wildman–Crippen LogP) is 7.79. The van der Waals surface area contributed by atoms with Crippen LogP contribution in [0.25, 0.3) is 0 Å². The fourth-order valence-electron chi connectivity index (χ4n) is 9.61. The number of nitrogens with zero attached hydrogens (tertiary/aromatic N) is 1. The summed E-state index contributed by atoms with van der Waals surface area (Å²) in [6.45, 7) is 17.9. The molecule has 0 N–H and O–H groups in total. The number of rotatable bonds is 6. The van der Waals surface area contributed by atoms with Gasteiger partial charge in [-0.15, -0.1) is 0 Å². The molecule has 0 spiro atoms. The summed E-state index contributed by atoms with van der Waals surface area (Å²) in [5.74, 6) is 5.91. The average Bonchev–Trinajstić information content (AvgIpc) is 3.03. The summed E-state index contributed by atoms with van der Waals surface area (Å²) < 4.78 is 0. The van der Waals surface area contributed by atoms with Crippen LogP contribution in [0.15, 0.2) is 0 Å². The molecular weight excluding hydrogens is 350 g/mol. The minimum atomic E-state index is 0.611. The molecule has 29 heavy (non-hydrogen) atoms. The van der Waals surface area contributed by atoms with Crippen molar-refractivity contribution in [3.63, 3.8) is 0 Å². The van der Waals surface area contributed by atoms with E-state index in [2.05, 4.69) is 46.4 Å². The van der Waals surface area contributed by atoms with Crippen LogP contribution in [0.4, 0.5) is 0 Å². The van der Waals surface area contributed by atoms with E-state index in [1.165, 1.54) is 77.3 Å². The topological polar surface area (TPSA) is 3.24 Å². The number of fused-ring (bicyclic) bond motifs is 5. The van der Waals surface area contributed by atoms with Gasteiger partial charge in [0, 0.05) is 6.04 Å². The Kier molecular flexibility index (Phi) is 6.48. The minimum Gasteiger partial charge on any atom is -0.300 e. The molecule has 168 valence electrons. The van der Waals surface area contributed by atoms with Crippen LogP contribution < -0.4 is 0 Å². The molecule has 0 aromatic carbocycles. The molecule has 6 unspecified atom stereocenters. The highest BCUT2D eigenvalue weighted by molar-refractivity contribution is 5.11. The number of likely N-dealkylation sites (tertiary alicyclic amines) is 1. The lowest BCUT2D eigenvalue weighted by molar-refractivity contribution is -0.129. The highest BCUT2D eigenvalue weighted by Crippen LogP contribution is 2.67. The first-order chi connectivity index (χ1) is 13.8. The summed E-state index contributed by atoms with van der Waals surface area (Å²) in [7, 11) is 0. The molecule has 1 nitrogen and oxygen atoms in total. The summed E-state index contributed by atoms with van der Waals surface area (Å²) in [6.07, 6.45) is 16.5.